The number of rotatable bonds is 2. The number of methoxy groups -OCH3 is 1. The molecule has 1 aromatic carbocycles. The number of esters is 2. The summed E-state index contributed by atoms with van der Waals surface area (Å²) in [5, 5.41) is 0. The lowest BCUT2D eigenvalue weighted by molar-refractivity contribution is -0.166. The number of carbonyl (C=O) groups is 3. The lowest BCUT2D eigenvalue weighted by Gasteiger charge is -2.35. The molecular formula is C35H44FN3O7. The molecule has 1 amide bonds. The van der Waals surface area contributed by atoms with Crippen LogP contribution in [0.4, 0.5) is 4.39 Å². The molecule has 46 heavy (non-hydrogen) atoms. The van der Waals surface area contributed by atoms with Crippen molar-refractivity contribution in [2.24, 2.45) is 23.2 Å². The number of benzene rings is 1. The predicted octanol–water partition coefficient (Wildman–Crippen LogP) is 5.83. The van der Waals surface area contributed by atoms with Crippen molar-refractivity contribution in [3.05, 3.63) is 42.1 Å². The molecule has 10 nitrogen and oxygen atoms in total. The van der Waals surface area contributed by atoms with E-state index < -0.39 is 52.8 Å². The molecule has 2 bridgehead atoms. The van der Waals surface area contributed by atoms with Crippen molar-refractivity contribution in [1.29, 1.82) is 0 Å². The number of amides is 1. The highest BCUT2D eigenvalue weighted by Gasteiger charge is 2.52. The van der Waals surface area contributed by atoms with Crippen molar-refractivity contribution in [3.63, 3.8) is 0 Å². The molecular weight excluding hydrogens is 593 g/mol. The van der Waals surface area contributed by atoms with Crippen LogP contribution < -0.4 is 9.47 Å². The third-order valence-electron chi connectivity index (χ3n) is 8.73. The maximum Gasteiger partial charge on any atom is 0.329 e. The summed E-state index contributed by atoms with van der Waals surface area (Å²) in [5.41, 5.74) is -0.677. The first-order valence-corrected chi connectivity index (χ1v) is 15.8. The van der Waals surface area contributed by atoms with Crippen molar-refractivity contribution >= 4 is 34.7 Å². The van der Waals surface area contributed by atoms with Crippen LogP contribution in [0.5, 0.6) is 11.6 Å². The van der Waals surface area contributed by atoms with Gasteiger partial charge < -0.3 is 23.8 Å². The molecule has 6 atom stereocenters. The Morgan fingerprint density at radius 3 is 2.46 bits per heavy atom. The Morgan fingerprint density at radius 2 is 1.78 bits per heavy atom. The van der Waals surface area contributed by atoms with Crippen molar-refractivity contribution in [3.8, 4) is 11.6 Å². The second-order valence-electron chi connectivity index (χ2n) is 14.5. The number of ether oxygens (including phenoxy) is 4. The first-order valence-electron chi connectivity index (χ1n) is 15.8. The summed E-state index contributed by atoms with van der Waals surface area (Å²) in [7, 11) is 1.53. The zero-order valence-corrected chi connectivity index (χ0v) is 27.8. The molecule has 3 aliphatic rings. The van der Waals surface area contributed by atoms with Gasteiger partial charge in [0.1, 0.15) is 29.6 Å². The van der Waals surface area contributed by atoms with E-state index in [0.717, 1.165) is 0 Å². The Hall–Kier alpha value is -4.02. The molecule has 2 aliphatic heterocycles. The number of fused-ring (bicyclic) bond motifs is 5. The van der Waals surface area contributed by atoms with Crippen LogP contribution in [0, 0.1) is 23.2 Å². The Balaban J connectivity index is 1.61. The van der Waals surface area contributed by atoms with Gasteiger partial charge in [0, 0.05) is 17.9 Å². The number of halogens is 1. The summed E-state index contributed by atoms with van der Waals surface area (Å²) < 4.78 is 39.1. The van der Waals surface area contributed by atoms with Gasteiger partial charge in [0.2, 0.25) is 11.8 Å². The van der Waals surface area contributed by atoms with Gasteiger partial charge in [-0.25, -0.2) is 19.2 Å². The monoisotopic (exact) mass is 637 g/mol. The van der Waals surface area contributed by atoms with Gasteiger partial charge in [-0.15, -0.1) is 0 Å². The standard InChI is InChI=1S/C35H44FN3O7/c1-19-27-18-39(30(19)33(42)46-35(5,6)7)32(41)22(34(2,3)4)17-28(40)44-26-15-20(26)11-9-10-12-23(36)29-31(45-27)38-25-16-21(43-8)13-14-24(25)37-29/h9-10,12-14,16,19-20,22,26-27,30H,11,15,17-18H2,1-8H3/b10-9+,23-12-/t19-,20-,22-,26-,27+,30+/m1/s1. The minimum atomic E-state index is -1.02. The van der Waals surface area contributed by atoms with Gasteiger partial charge >= 0.3 is 11.9 Å². The molecule has 1 aromatic heterocycles. The predicted molar refractivity (Wildman–Crippen MR) is 169 cm³/mol. The van der Waals surface area contributed by atoms with Crippen LogP contribution in [-0.2, 0) is 23.9 Å². The normalized spacial score (nSPS) is 29.2. The van der Waals surface area contributed by atoms with E-state index >= 15 is 4.39 Å². The third kappa shape index (κ3) is 7.34. The first kappa shape index (κ1) is 33.3. The molecule has 3 heterocycles. The van der Waals surface area contributed by atoms with Crippen molar-refractivity contribution in [1.82, 2.24) is 14.9 Å². The molecule has 1 aliphatic carbocycles. The average Bonchev–Trinajstić information content (AvgIpc) is 3.61. The van der Waals surface area contributed by atoms with Crippen molar-refractivity contribution < 1.29 is 37.7 Å². The molecule has 248 valence electrons. The maximum absolute atomic E-state index is 15.8. The first-order chi connectivity index (χ1) is 21.6. The van der Waals surface area contributed by atoms with Gasteiger partial charge in [-0.2, -0.15) is 0 Å². The summed E-state index contributed by atoms with van der Waals surface area (Å²) >= 11 is 0. The van der Waals surface area contributed by atoms with Gasteiger partial charge in [0.05, 0.1) is 37.0 Å². The quantitative estimate of drug-likeness (QED) is 0.375. The van der Waals surface area contributed by atoms with E-state index in [1.165, 1.54) is 18.1 Å². The largest absolute Gasteiger partial charge is 0.497 e. The summed E-state index contributed by atoms with van der Waals surface area (Å²) in [6.45, 7) is 12.7. The van der Waals surface area contributed by atoms with Crippen LogP contribution in [0.1, 0.15) is 73.4 Å². The Labute approximate surface area is 269 Å². The highest BCUT2D eigenvalue weighted by molar-refractivity contribution is 5.90. The van der Waals surface area contributed by atoms with Gasteiger partial charge in [0.15, 0.2) is 11.5 Å². The molecule has 11 heteroatoms. The lowest BCUT2D eigenvalue weighted by Crippen LogP contribution is -2.50. The number of aromatic nitrogens is 2. The Morgan fingerprint density at radius 1 is 1.04 bits per heavy atom. The average molecular weight is 638 g/mol. The highest BCUT2D eigenvalue weighted by Crippen LogP contribution is 2.41. The van der Waals surface area contributed by atoms with Crippen LogP contribution in [0.3, 0.4) is 0 Å². The van der Waals surface area contributed by atoms with E-state index in [4.69, 9.17) is 18.9 Å². The highest BCUT2D eigenvalue weighted by atomic mass is 19.1. The molecule has 0 unspecified atom stereocenters. The fourth-order valence-electron chi connectivity index (χ4n) is 6.01. The lowest BCUT2D eigenvalue weighted by atomic mass is 9.77. The van der Waals surface area contributed by atoms with E-state index in [0.29, 0.717) is 29.6 Å². The summed E-state index contributed by atoms with van der Waals surface area (Å²) in [6.07, 6.45) is 4.85. The third-order valence-corrected chi connectivity index (χ3v) is 8.73. The molecule has 2 aromatic rings. The van der Waals surface area contributed by atoms with Crippen LogP contribution in [-0.4, -0.2) is 70.2 Å². The van der Waals surface area contributed by atoms with Crippen molar-refractivity contribution in [2.45, 2.75) is 91.6 Å². The summed E-state index contributed by atoms with van der Waals surface area (Å²) in [5.74, 6) is -2.87. The number of hydrogen-bond donors (Lipinski definition) is 0. The fraction of sp³-hybridized carbons (Fsp3) is 0.571. The molecule has 2 fully saturated rings. The molecule has 1 saturated carbocycles. The van der Waals surface area contributed by atoms with E-state index in [9.17, 15) is 14.4 Å². The Bertz CT molecular complexity index is 1570. The van der Waals surface area contributed by atoms with Crippen LogP contribution in [0.2, 0.25) is 0 Å². The number of hydrogen-bond acceptors (Lipinski definition) is 9. The summed E-state index contributed by atoms with van der Waals surface area (Å²) in [4.78, 5) is 51.8. The second-order valence-corrected chi connectivity index (χ2v) is 14.5. The van der Waals surface area contributed by atoms with Crippen molar-refractivity contribution in [2.75, 3.05) is 13.7 Å². The minimum Gasteiger partial charge on any atom is -0.497 e. The zero-order valence-electron chi connectivity index (χ0n) is 27.8. The molecule has 0 spiro atoms. The van der Waals surface area contributed by atoms with Gasteiger partial charge in [-0.1, -0.05) is 39.8 Å². The molecule has 5 rings (SSSR count). The zero-order chi connectivity index (χ0) is 33.6. The number of carbonyl (C=O) groups excluding carboxylic acids is 3. The molecule has 0 N–H and O–H groups in total. The van der Waals surface area contributed by atoms with E-state index in [1.54, 1.807) is 52.0 Å². The topological polar surface area (TPSA) is 117 Å². The van der Waals surface area contributed by atoms with Gasteiger partial charge in [-0.3, -0.25) is 9.59 Å². The van der Waals surface area contributed by atoms with E-state index in [-0.39, 0.29) is 42.5 Å². The van der Waals surface area contributed by atoms with Gasteiger partial charge in [-0.05, 0) is 57.2 Å². The van der Waals surface area contributed by atoms with Gasteiger partial charge in [0.25, 0.3) is 0 Å². The van der Waals surface area contributed by atoms with E-state index in [2.05, 4.69) is 9.97 Å². The SMILES string of the molecule is COc1ccc2nc3c(nc2c1)O[C@H]1CN(C(=O)[C@H](C(C)(C)C)CC(=O)O[C@@H]2C[C@H]2C/C=C/C=C/3F)[C@H](C(=O)OC(C)(C)C)[C@@H]1C. The maximum atomic E-state index is 15.8. The molecule has 1 saturated heterocycles. The van der Waals surface area contributed by atoms with Crippen LogP contribution >= 0.6 is 0 Å². The number of allylic oxidation sites excluding steroid dienone is 3. The second kappa shape index (κ2) is 12.6. The smallest absolute Gasteiger partial charge is 0.329 e. The minimum absolute atomic E-state index is 0.0151. The Kier molecular flexibility index (Phi) is 9.16. The number of nitrogens with zero attached hydrogens (tertiary/aromatic N) is 3. The van der Waals surface area contributed by atoms with Crippen LogP contribution in [0.25, 0.3) is 16.9 Å². The fourth-order valence-corrected chi connectivity index (χ4v) is 6.01. The van der Waals surface area contributed by atoms with E-state index in [1.807, 2.05) is 26.8 Å². The summed E-state index contributed by atoms with van der Waals surface area (Å²) in [6, 6.07) is 4.06. The van der Waals surface area contributed by atoms with Crippen LogP contribution in [0.15, 0.2) is 36.4 Å². The molecule has 0 radical (unpaired) electrons.